The van der Waals surface area contributed by atoms with Crippen molar-refractivity contribution < 1.29 is 14.3 Å². The summed E-state index contributed by atoms with van der Waals surface area (Å²) in [6.45, 7) is 3.43. The van der Waals surface area contributed by atoms with Gasteiger partial charge in [0.25, 0.3) is 5.91 Å². The van der Waals surface area contributed by atoms with Crippen LogP contribution in [0.2, 0.25) is 0 Å². The third kappa shape index (κ3) is 4.94. The first-order chi connectivity index (χ1) is 15.6. The number of fused-ring (bicyclic) bond motifs is 1. The van der Waals surface area contributed by atoms with Gasteiger partial charge in [0, 0.05) is 38.8 Å². The van der Waals surface area contributed by atoms with E-state index in [9.17, 15) is 4.79 Å². The summed E-state index contributed by atoms with van der Waals surface area (Å²) in [7, 11) is 5.04. The Morgan fingerprint density at radius 3 is 2.31 bits per heavy atom. The minimum atomic E-state index is -0.00163. The largest absolute Gasteiger partial charge is 0.493 e. The van der Waals surface area contributed by atoms with Crippen LogP contribution in [0.3, 0.4) is 0 Å². The number of carbonyl (C=O) groups excluding carboxylic acids is 1. The van der Waals surface area contributed by atoms with Crippen molar-refractivity contribution in [2.45, 2.75) is 26.1 Å². The molecule has 0 bridgehead atoms. The smallest absolute Gasteiger partial charge is 0.253 e. The molecule has 0 saturated carbocycles. The fourth-order valence-corrected chi connectivity index (χ4v) is 4.25. The molecule has 3 aromatic carbocycles. The van der Waals surface area contributed by atoms with E-state index >= 15 is 0 Å². The quantitative estimate of drug-likeness (QED) is 0.552. The van der Waals surface area contributed by atoms with Crippen LogP contribution in [0, 0.1) is 0 Å². The number of benzene rings is 3. The van der Waals surface area contributed by atoms with Gasteiger partial charge in [-0.15, -0.1) is 0 Å². The lowest BCUT2D eigenvalue weighted by Crippen LogP contribution is -2.30. The topological polar surface area (TPSA) is 42.0 Å². The fraction of sp³-hybridized carbons (Fsp3) is 0.296. The molecule has 0 atom stereocenters. The van der Waals surface area contributed by atoms with Gasteiger partial charge in [-0.05, 0) is 52.9 Å². The number of amides is 1. The van der Waals surface area contributed by atoms with E-state index < -0.39 is 0 Å². The van der Waals surface area contributed by atoms with Crippen LogP contribution in [-0.4, -0.2) is 43.5 Å². The van der Waals surface area contributed by atoms with Crippen molar-refractivity contribution in [3.63, 3.8) is 0 Å². The summed E-state index contributed by atoms with van der Waals surface area (Å²) in [6, 6.07) is 22.4. The van der Waals surface area contributed by atoms with E-state index in [1.807, 2.05) is 37.4 Å². The molecule has 0 radical (unpaired) electrons. The predicted octanol–water partition coefficient (Wildman–Crippen LogP) is 4.53. The Bertz CT molecular complexity index is 1080. The molecule has 5 nitrogen and oxygen atoms in total. The van der Waals surface area contributed by atoms with Gasteiger partial charge < -0.3 is 14.4 Å². The van der Waals surface area contributed by atoms with E-state index in [1.165, 1.54) is 16.7 Å². The Morgan fingerprint density at radius 1 is 0.906 bits per heavy atom. The lowest BCUT2D eigenvalue weighted by atomic mass is 9.99. The molecule has 0 unspecified atom stereocenters. The van der Waals surface area contributed by atoms with Crippen LogP contribution < -0.4 is 9.47 Å². The molecule has 1 aliphatic rings. The van der Waals surface area contributed by atoms with Crippen molar-refractivity contribution in [2.24, 2.45) is 0 Å². The summed E-state index contributed by atoms with van der Waals surface area (Å²) >= 11 is 0. The molecule has 0 fully saturated rings. The van der Waals surface area contributed by atoms with Gasteiger partial charge in [0.2, 0.25) is 0 Å². The molecule has 32 heavy (non-hydrogen) atoms. The van der Waals surface area contributed by atoms with Crippen molar-refractivity contribution in [1.82, 2.24) is 9.80 Å². The van der Waals surface area contributed by atoms with E-state index in [2.05, 4.69) is 41.3 Å². The zero-order chi connectivity index (χ0) is 22.5. The second kappa shape index (κ2) is 9.88. The lowest BCUT2D eigenvalue weighted by Gasteiger charge is -2.28. The van der Waals surface area contributed by atoms with Crippen molar-refractivity contribution in [3.8, 4) is 11.5 Å². The Morgan fingerprint density at radius 2 is 1.59 bits per heavy atom. The van der Waals surface area contributed by atoms with Gasteiger partial charge in [0.15, 0.2) is 11.5 Å². The minimum absolute atomic E-state index is 0.00163. The van der Waals surface area contributed by atoms with Crippen molar-refractivity contribution in [1.29, 1.82) is 0 Å². The molecule has 1 aliphatic heterocycles. The average molecular weight is 431 g/mol. The highest BCUT2D eigenvalue weighted by Gasteiger charge is 2.17. The highest BCUT2D eigenvalue weighted by molar-refractivity contribution is 5.94. The fourth-order valence-electron chi connectivity index (χ4n) is 4.25. The second-order valence-corrected chi connectivity index (χ2v) is 8.28. The van der Waals surface area contributed by atoms with Gasteiger partial charge in [0.05, 0.1) is 14.2 Å². The first-order valence-corrected chi connectivity index (χ1v) is 10.9. The predicted molar refractivity (Wildman–Crippen MR) is 126 cm³/mol. The minimum Gasteiger partial charge on any atom is -0.493 e. The SMILES string of the molecule is COc1ccc(CN(C)C(=O)c2ccc(CN3CCc4ccccc4C3)cc2)cc1OC. The zero-order valence-electron chi connectivity index (χ0n) is 19.0. The van der Waals surface area contributed by atoms with Gasteiger partial charge in [-0.3, -0.25) is 9.69 Å². The number of hydrogen-bond acceptors (Lipinski definition) is 4. The highest BCUT2D eigenvalue weighted by atomic mass is 16.5. The number of hydrogen-bond donors (Lipinski definition) is 0. The molecule has 3 aromatic rings. The summed E-state index contributed by atoms with van der Waals surface area (Å²) in [6.07, 6.45) is 1.09. The van der Waals surface area contributed by atoms with Crippen molar-refractivity contribution in [2.75, 3.05) is 27.8 Å². The maximum Gasteiger partial charge on any atom is 0.253 e. The maximum atomic E-state index is 12.9. The van der Waals surface area contributed by atoms with Gasteiger partial charge in [0.1, 0.15) is 0 Å². The van der Waals surface area contributed by atoms with E-state index in [0.29, 0.717) is 23.6 Å². The zero-order valence-corrected chi connectivity index (χ0v) is 19.0. The van der Waals surface area contributed by atoms with Crippen LogP contribution in [0.1, 0.15) is 32.6 Å². The summed E-state index contributed by atoms with van der Waals surface area (Å²) in [5.74, 6) is 1.34. The van der Waals surface area contributed by atoms with Crippen LogP contribution in [-0.2, 0) is 26.1 Å². The van der Waals surface area contributed by atoms with Crippen LogP contribution >= 0.6 is 0 Å². The Hall–Kier alpha value is -3.31. The molecular formula is C27H30N2O3. The van der Waals surface area contributed by atoms with Crippen LogP contribution in [0.5, 0.6) is 11.5 Å². The number of rotatable bonds is 7. The highest BCUT2D eigenvalue weighted by Crippen LogP contribution is 2.28. The van der Waals surface area contributed by atoms with E-state index in [4.69, 9.17) is 9.47 Å². The number of methoxy groups -OCH3 is 2. The Balaban J connectivity index is 1.37. The Kier molecular flexibility index (Phi) is 6.76. The molecule has 4 rings (SSSR count). The lowest BCUT2D eigenvalue weighted by molar-refractivity contribution is 0.0785. The third-order valence-corrected chi connectivity index (χ3v) is 6.03. The molecule has 0 aliphatic carbocycles. The monoisotopic (exact) mass is 430 g/mol. The van der Waals surface area contributed by atoms with Crippen LogP contribution in [0.4, 0.5) is 0 Å². The molecule has 0 aromatic heterocycles. The summed E-state index contributed by atoms with van der Waals surface area (Å²) < 4.78 is 10.7. The van der Waals surface area contributed by atoms with Crippen molar-refractivity contribution in [3.05, 3.63) is 94.5 Å². The summed E-state index contributed by atoms with van der Waals surface area (Å²) in [5, 5.41) is 0. The van der Waals surface area contributed by atoms with Gasteiger partial charge in [-0.1, -0.05) is 42.5 Å². The molecule has 166 valence electrons. The first kappa shape index (κ1) is 21.9. The van der Waals surface area contributed by atoms with Gasteiger partial charge in [-0.2, -0.15) is 0 Å². The first-order valence-electron chi connectivity index (χ1n) is 10.9. The molecule has 0 spiro atoms. The third-order valence-electron chi connectivity index (χ3n) is 6.03. The van der Waals surface area contributed by atoms with E-state index in [-0.39, 0.29) is 5.91 Å². The number of nitrogens with zero attached hydrogens (tertiary/aromatic N) is 2. The number of carbonyl (C=O) groups is 1. The van der Waals surface area contributed by atoms with Crippen LogP contribution in [0.15, 0.2) is 66.7 Å². The van der Waals surface area contributed by atoms with E-state index in [1.54, 1.807) is 19.1 Å². The van der Waals surface area contributed by atoms with Crippen molar-refractivity contribution >= 4 is 5.91 Å². The van der Waals surface area contributed by atoms with Gasteiger partial charge >= 0.3 is 0 Å². The maximum absolute atomic E-state index is 12.9. The van der Waals surface area contributed by atoms with Crippen LogP contribution in [0.25, 0.3) is 0 Å². The molecule has 5 heteroatoms. The summed E-state index contributed by atoms with van der Waals surface area (Å²) in [5.41, 5.74) is 5.79. The van der Waals surface area contributed by atoms with Gasteiger partial charge in [-0.25, -0.2) is 0 Å². The number of ether oxygens (including phenoxy) is 2. The molecular weight excluding hydrogens is 400 g/mol. The molecule has 0 N–H and O–H groups in total. The normalized spacial score (nSPS) is 13.3. The molecule has 1 amide bonds. The average Bonchev–Trinajstić information content (AvgIpc) is 2.84. The standard InChI is InChI=1S/C27H30N2O3/c1-28(17-21-10-13-25(31-2)26(16-21)32-3)27(30)23-11-8-20(9-12-23)18-29-15-14-22-6-4-5-7-24(22)19-29/h4-13,16H,14-15,17-19H2,1-3H3. The Labute approximate surface area is 190 Å². The molecule has 0 saturated heterocycles. The summed E-state index contributed by atoms with van der Waals surface area (Å²) in [4.78, 5) is 17.1. The molecule has 1 heterocycles. The second-order valence-electron chi connectivity index (χ2n) is 8.28. The van der Waals surface area contributed by atoms with E-state index in [0.717, 1.165) is 31.6 Å².